The van der Waals surface area contributed by atoms with Crippen molar-refractivity contribution in [2.45, 2.75) is 13.8 Å². The molecule has 22 heavy (non-hydrogen) atoms. The molecular weight excluding hydrogens is 328 g/mol. The summed E-state index contributed by atoms with van der Waals surface area (Å²) in [6.45, 7) is 3.52. The van der Waals surface area contributed by atoms with Crippen LogP contribution in [0, 0.1) is 19.7 Å². The Hall–Kier alpha value is -1.78. The van der Waals surface area contributed by atoms with Crippen molar-refractivity contribution in [3.63, 3.8) is 0 Å². The molecule has 0 saturated carbocycles. The minimum atomic E-state index is -0.469. The first kappa shape index (κ1) is 16.6. The second-order valence-corrected chi connectivity index (χ2v) is 5.66. The van der Waals surface area contributed by atoms with Crippen LogP contribution in [0.3, 0.4) is 0 Å². The van der Waals surface area contributed by atoms with Gasteiger partial charge in [0.25, 0.3) is 5.91 Å². The molecule has 6 heteroatoms. The van der Waals surface area contributed by atoms with E-state index in [1.165, 1.54) is 12.1 Å². The lowest BCUT2D eigenvalue weighted by Gasteiger charge is -2.12. The quantitative estimate of drug-likeness (QED) is 0.869. The maximum absolute atomic E-state index is 12.9. The Morgan fingerprint density at radius 3 is 2.55 bits per heavy atom. The summed E-state index contributed by atoms with van der Waals surface area (Å²) in [7, 11) is 0. The Morgan fingerprint density at radius 2 is 1.91 bits per heavy atom. The summed E-state index contributed by atoms with van der Waals surface area (Å²) in [5.41, 5.74) is 2.42. The number of anilines is 1. The van der Waals surface area contributed by atoms with E-state index in [2.05, 4.69) is 5.32 Å². The highest BCUT2D eigenvalue weighted by Gasteiger charge is 2.11. The highest BCUT2D eigenvalue weighted by atomic mass is 35.5. The largest absolute Gasteiger partial charge is 0.482 e. The SMILES string of the molecule is Cc1cc(C)c(NC(=O)COc2ccc(F)cc2Cl)c(Cl)c1. The minimum Gasteiger partial charge on any atom is -0.482 e. The van der Waals surface area contributed by atoms with Crippen LogP contribution in [0.25, 0.3) is 0 Å². The Morgan fingerprint density at radius 1 is 1.18 bits per heavy atom. The van der Waals surface area contributed by atoms with Crippen LogP contribution < -0.4 is 10.1 Å². The molecule has 0 spiro atoms. The van der Waals surface area contributed by atoms with Crippen molar-refractivity contribution in [2.75, 3.05) is 11.9 Å². The van der Waals surface area contributed by atoms with E-state index < -0.39 is 5.82 Å². The summed E-state index contributed by atoms with van der Waals surface area (Å²) in [5.74, 6) is -0.608. The lowest BCUT2D eigenvalue weighted by molar-refractivity contribution is -0.118. The van der Waals surface area contributed by atoms with Gasteiger partial charge in [0.15, 0.2) is 6.61 Å². The zero-order valence-electron chi connectivity index (χ0n) is 12.0. The third-order valence-corrected chi connectivity index (χ3v) is 3.54. The van der Waals surface area contributed by atoms with Crippen molar-refractivity contribution < 1.29 is 13.9 Å². The van der Waals surface area contributed by atoms with E-state index in [0.29, 0.717) is 10.7 Å². The smallest absolute Gasteiger partial charge is 0.262 e. The summed E-state index contributed by atoms with van der Waals surface area (Å²) in [5, 5.41) is 3.27. The molecule has 0 heterocycles. The molecule has 0 bridgehead atoms. The standard InChI is InChI=1S/C16H14Cl2FNO2/c1-9-5-10(2)16(13(18)6-9)20-15(21)8-22-14-4-3-11(19)7-12(14)17/h3-7H,8H2,1-2H3,(H,20,21). The first-order valence-electron chi connectivity index (χ1n) is 6.51. The number of ether oxygens (including phenoxy) is 1. The lowest BCUT2D eigenvalue weighted by atomic mass is 10.1. The van der Waals surface area contributed by atoms with Gasteiger partial charge in [-0.1, -0.05) is 29.3 Å². The molecule has 0 aliphatic rings. The maximum Gasteiger partial charge on any atom is 0.262 e. The first-order chi connectivity index (χ1) is 10.4. The topological polar surface area (TPSA) is 38.3 Å². The van der Waals surface area contributed by atoms with Crippen molar-refractivity contribution in [2.24, 2.45) is 0 Å². The van der Waals surface area contributed by atoms with E-state index in [9.17, 15) is 9.18 Å². The lowest BCUT2D eigenvalue weighted by Crippen LogP contribution is -2.21. The summed E-state index contributed by atoms with van der Waals surface area (Å²) in [6.07, 6.45) is 0. The van der Waals surface area contributed by atoms with E-state index in [1.807, 2.05) is 19.9 Å². The van der Waals surface area contributed by atoms with Crippen molar-refractivity contribution in [3.05, 3.63) is 57.3 Å². The molecule has 2 aromatic carbocycles. The number of benzene rings is 2. The number of halogens is 3. The first-order valence-corrected chi connectivity index (χ1v) is 7.27. The van der Waals surface area contributed by atoms with Crippen LogP contribution in [0.2, 0.25) is 10.0 Å². The number of aryl methyl sites for hydroxylation is 2. The Balaban J connectivity index is 2.02. The molecule has 1 amide bonds. The molecule has 0 aromatic heterocycles. The van der Waals surface area contributed by atoms with Gasteiger partial charge in [0, 0.05) is 0 Å². The highest BCUT2D eigenvalue weighted by Crippen LogP contribution is 2.28. The molecular formula is C16H14Cl2FNO2. The van der Waals surface area contributed by atoms with Gasteiger partial charge in [-0.2, -0.15) is 0 Å². The molecule has 0 radical (unpaired) electrons. The molecule has 0 saturated heterocycles. The van der Waals surface area contributed by atoms with E-state index in [0.717, 1.165) is 17.2 Å². The maximum atomic E-state index is 12.9. The highest BCUT2D eigenvalue weighted by molar-refractivity contribution is 6.34. The summed E-state index contributed by atoms with van der Waals surface area (Å²) < 4.78 is 18.2. The van der Waals surface area contributed by atoms with Crippen LogP contribution in [0.4, 0.5) is 10.1 Å². The number of amides is 1. The molecule has 0 unspecified atom stereocenters. The molecule has 116 valence electrons. The van der Waals surface area contributed by atoms with Gasteiger partial charge in [-0.05, 0) is 49.2 Å². The molecule has 0 aliphatic heterocycles. The van der Waals surface area contributed by atoms with Gasteiger partial charge < -0.3 is 10.1 Å². The van der Waals surface area contributed by atoms with E-state index in [1.54, 1.807) is 6.07 Å². The van der Waals surface area contributed by atoms with Gasteiger partial charge in [-0.15, -0.1) is 0 Å². The van der Waals surface area contributed by atoms with E-state index in [4.69, 9.17) is 27.9 Å². The average Bonchev–Trinajstić information content (AvgIpc) is 2.42. The number of nitrogens with one attached hydrogen (secondary N) is 1. The van der Waals surface area contributed by atoms with Gasteiger partial charge in [0.05, 0.1) is 15.7 Å². The van der Waals surface area contributed by atoms with Crippen LogP contribution in [0.1, 0.15) is 11.1 Å². The van der Waals surface area contributed by atoms with Gasteiger partial charge in [0.2, 0.25) is 0 Å². The second-order valence-electron chi connectivity index (χ2n) is 4.85. The van der Waals surface area contributed by atoms with Crippen molar-refractivity contribution in [3.8, 4) is 5.75 Å². The summed E-state index contributed by atoms with van der Waals surface area (Å²) in [6, 6.07) is 7.38. The predicted molar refractivity (Wildman–Crippen MR) is 86.5 cm³/mol. The molecule has 1 N–H and O–H groups in total. The molecule has 3 nitrogen and oxygen atoms in total. The van der Waals surface area contributed by atoms with Crippen LogP contribution in [-0.2, 0) is 4.79 Å². The number of carbonyl (C=O) groups excluding carboxylic acids is 1. The number of hydrogen-bond acceptors (Lipinski definition) is 2. The van der Waals surface area contributed by atoms with Gasteiger partial charge >= 0.3 is 0 Å². The molecule has 2 rings (SSSR count). The fraction of sp³-hybridized carbons (Fsp3) is 0.188. The van der Waals surface area contributed by atoms with Crippen LogP contribution in [0.5, 0.6) is 5.75 Å². The van der Waals surface area contributed by atoms with Crippen LogP contribution in [0.15, 0.2) is 30.3 Å². The van der Waals surface area contributed by atoms with Crippen molar-refractivity contribution in [1.29, 1.82) is 0 Å². The number of hydrogen-bond donors (Lipinski definition) is 1. The summed E-state index contributed by atoms with van der Waals surface area (Å²) in [4.78, 5) is 11.9. The summed E-state index contributed by atoms with van der Waals surface area (Å²) >= 11 is 11.9. The number of rotatable bonds is 4. The Bertz CT molecular complexity index is 696. The van der Waals surface area contributed by atoms with Gasteiger partial charge in [-0.3, -0.25) is 4.79 Å². The Kier molecular flexibility index (Phi) is 5.27. The van der Waals surface area contributed by atoms with Crippen LogP contribution in [-0.4, -0.2) is 12.5 Å². The van der Waals surface area contributed by atoms with Crippen molar-refractivity contribution >= 4 is 34.8 Å². The molecule has 2 aromatic rings. The minimum absolute atomic E-state index is 0.109. The molecule has 0 aliphatic carbocycles. The van der Waals surface area contributed by atoms with Crippen molar-refractivity contribution in [1.82, 2.24) is 0 Å². The second kappa shape index (κ2) is 6.99. The van der Waals surface area contributed by atoms with E-state index >= 15 is 0 Å². The normalized spacial score (nSPS) is 10.4. The fourth-order valence-corrected chi connectivity index (χ4v) is 2.58. The third kappa shape index (κ3) is 4.12. The fourth-order valence-electron chi connectivity index (χ4n) is 1.99. The monoisotopic (exact) mass is 341 g/mol. The Labute approximate surface area is 138 Å². The van der Waals surface area contributed by atoms with E-state index in [-0.39, 0.29) is 23.3 Å². The zero-order valence-corrected chi connectivity index (χ0v) is 13.6. The average molecular weight is 342 g/mol. The third-order valence-electron chi connectivity index (χ3n) is 2.95. The van der Waals surface area contributed by atoms with Crippen LogP contribution >= 0.6 is 23.2 Å². The molecule has 0 fully saturated rings. The van der Waals surface area contributed by atoms with Gasteiger partial charge in [0.1, 0.15) is 11.6 Å². The zero-order chi connectivity index (χ0) is 16.3. The predicted octanol–water partition coefficient (Wildman–Crippen LogP) is 4.77. The molecule has 0 atom stereocenters. The van der Waals surface area contributed by atoms with Gasteiger partial charge in [-0.25, -0.2) is 4.39 Å². The number of carbonyl (C=O) groups is 1.